The van der Waals surface area contributed by atoms with Gasteiger partial charge in [0.15, 0.2) is 0 Å². The number of nitriles is 2. The van der Waals surface area contributed by atoms with Crippen molar-refractivity contribution in [3.8, 4) is 12.1 Å². The summed E-state index contributed by atoms with van der Waals surface area (Å²) in [5, 5.41) is 24.4. The lowest BCUT2D eigenvalue weighted by molar-refractivity contribution is -0.183. The zero-order valence-corrected chi connectivity index (χ0v) is 19.0. The predicted octanol–water partition coefficient (Wildman–Crippen LogP) is 4.77. The Labute approximate surface area is 201 Å². The van der Waals surface area contributed by atoms with Crippen molar-refractivity contribution in [1.29, 1.82) is 10.5 Å². The van der Waals surface area contributed by atoms with Gasteiger partial charge in [0.1, 0.15) is 11.6 Å². The smallest absolute Gasteiger partial charge is 0.249 e. The molecule has 0 N–H and O–H groups in total. The van der Waals surface area contributed by atoms with Crippen molar-refractivity contribution >= 4 is 16.8 Å². The molecule has 9 heteroatoms. The third-order valence-corrected chi connectivity index (χ3v) is 7.02. The molecule has 1 aliphatic carbocycles. The summed E-state index contributed by atoms with van der Waals surface area (Å²) in [6, 6.07) is 10.5. The molecule has 1 aromatic heterocycles. The Balaban J connectivity index is 1.24. The van der Waals surface area contributed by atoms with Crippen LogP contribution in [0, 0.1) is 46.1 Å². The van der Waals surface area contributed by atoms with Crippen molar-refractivity contribution in [2.75, 3.05) is 6.61 Å². The van der Waals surface area contributed by atoms with Gasteiger partial charge in [-0.05, 0) is 67.5 Å². The molecule has 1 atom stereocenters. The van der Waals surface area contributed by atoms with E-state index in [-0.39, 0.29) is 28.9 Å². The topological polar surface area (TPSA) is 94.9 Å². The minimum absolute atomic E-state index is 0.112. The summed E-state index contributed by atoms with van der Waals surface area (Å²) in [6.07, 6.45) is 4.99. The normalized spacial score (nSPS) is 22.2. The number of hydroxylamine groups is 2. The number of carbonyl (C=O) groups excluding carboxylic acids is 1. The molecule has 0 radical (unpaired) electrons. The number of halogens is 2. The lowest BCUT2D eigenvalue weighted by Crippen LogP contribution is -2.37. The van der Waals surface area contributed by atoms with E-state index in [2.05, 4.69) is 5.10 Å². The Bertz CT molecular complexity index is 1360. The van der Waals surface area contributed by atoms with Crippen LogP contribution < -0.4 is 0 Å². The van der Waals surface area contributed by atoms with Gasteiger partial charge < -0.3 is 0 Å². The number of hydrogen-bond donors (Lipinski definition) is 0. The first-order chi connectivity index (χ1) is 17.0. The predicted molar refractivity (Wildman–Crippen MR) is 121 cm³/mol. The van der Waals surface area contributed by atoms with E-state index in [1.165, 1.54) is 29.5 Å². The highest BCUT2D eigenvalue weighted by atomic mass is 19.1. The maximum atomic E-state index is 14.2. The van der Waals surface area contributed by atoms with E-state index in [9.17, 15) is 13.6 Å². The van der Waals surface area contributed by atoms with Gasteiger partial charge in [0.05, 0.1) is 53.0 Å². The Kier molecular flexibility index (Phi) is 6.19. The molecule has 5 rings (SSSR count). The molecule has 0 spiro atoms. The van der Waals surface area contributed by atoms with E-state index < -0.39 is 17.7 Å². The van der Waals surface area contributed by atoms with Gasteiger partial charge in [-0.2, -0.15) is 15.6 Å². The third-order valence-electron chi connectivity index (χ3n) is 7.02. The number of hydrogen-bond acceptors (Lipinski definition) is 5. The van der Waals surface area contributed by atoms with Crippen LogP contribution in [0.25, 0.3) is 10.9 Å². The van der Waals surface area contributed by atoms with Gasteiger partial charge in [-0.1, -0.05) is 0 Å². The minimum Gasteiger partial charge on any atom is -0.272 e. The molecule has 1 amide bonds. The first kappa shape index (κ1) is 22.9. The van der Waals surface area contributed by atoms with Crippen LogP contribution >= 0.6 is 0 Å². The van der Waals surface area contributed by atoms with Gasteiger partial charge in [0.2, 0.25) is 5.91 Å². The number of carbonyl (C=O) groups is 1. The van der Waals surface area contributed by atoms with Crippen LogP contribution in [0.5, 0.6) is 0 Å². The van der Waals surface area contributed by atoms with Crippen molar-refractivity contribution in [2.24, 2.45) is 11.8 Å². The van der Waals surface area contributed by atoms with Gasteiger partial charge in [0.25, 0.3) is 0 Å². The van der Waals surface area contributed by atoms with E-state index in [1.54, 1.807) is 16.8 Å². The molecule has 2 aliphatic rings. The largest absolute Gasteiger partial charge is 0.272 e. The summed E-state index contributed by atoms with van der Waals surface area (Å²) in [6.45, 7) is 0.944. The Hall–Kier alpha value is -3.82. The Morgan fingerprint density at radius 1 is 1.03 bits per heavy atom. The lowest BCUT2D eigenvalue weighted by atomic mass is 9.81. The van der Waals surface area contributed by atoms with Gasteiger partial charge in [-0.15, -0.1) is 0 Å². The highest BCUT2D eigenvalue weighted by Gasteiger charge is 2.37. The number of nitrogens with zero attached hydrogens (tertiary/aromatic N) is 5. The molecule has 1 aliphatic heterocycles. The molecule has 3 aromatic rings. The maximum Gasteiger partial charge on any atom is 0.249 e. The Morgan fingerprint density at radius 3 is 2.51 bits per heavy atom. The monoisotopic (exact) mass is 475 g/mol. The van der Waals surface area contributed by atoms with E-state index in [1.807, 2.05) is 12.1 Å². The summed E-state index contributed by atoms with van der Waals surface area (Å²) >= 11 is 0. The zero-order chi connectivity index (χ0) is 24.5. The average Bonchev–Trinajstić information content (AvgIpc) is 3.51. The third kappa shape index (κ3) is 4.48. The van der Waals surface area contributed by atoms with Crippen molar-refractivity contribution in [2.45, 2.75) is 44.7 Å². The fraction of sp³-hybridized carbons (Fsp3) is 0.385. The molecule has 178 valence electrons. The minimum atomic E-state index is -0.508. The van der Waals surface area contributed by atoms with Crippen molar-refractivity contribution < 1.29 is 18.4 Å². The van der Waals surface area contributed by atoms with E-state index >= 15 is 0 Å². The molecular formula is C26H23F2N5O2. The fourth-order valence-electron chi connectivity index (χ4n) is 5.22. The number of rotatable bonds is 4. The van der Waals surface area contributed by atoms with Gasteiger partial charge >= 0.3 is 0 Å². The molecule has 1 saturated heterocycles. The second-order valence-corrected chi connectivity index (χ2v) is 9.23. The number of benzene rings is 2. The molecule has 0 bridgehead atoms. The lowest BCUT2D eigenvalue weighted by Gasteiger charge is -2.32. The summed E-state index contributed by atoms with van der Waals surface area (Å²) in [5.41, 5.74) is 1.63. The summed E-state index contributed by atoms with van der Waals surface area (Å²) < 4.78 is 29.9. The highest BCUT2D eigenvalue weighted by Crippen LogP contribution is 2.37. The van der Waals surface area contributed by atoms with Gasteiger partial charge in [-0.25, -0.2) is 13.8 Å². The maximum absolute atomic E-state index is 14.2. The molecule has 2 fully saturated rings. The van der Waals surface area contributed by atoms with Crippen LogP contribution in [0.15, 0.2) is 36.5 Å². The van der Waals surface area contributed by atoms with E-state index in [0.29, 0.717) is 48.9 Å². The van der Waals surface area contributed by atoms with Crippen LogP contribution in [0.3, 0.4) is 0 Å². The van der Waals surface area contributed by atoms with Crippen molar-refractivity contribution in [1.82, 2.24) is 14.8 Å². The average molecular weight is 475 g/mol. The fourth-order valence-corrected chi connectivity index (χ4v) is 5.22. The highest BCUT2D eigenvalue weighted by molar-refractivity contribution is 5.81. The first-order valence-electron chi connectivity index (χ1n) is 11.7. The zero-order valence-electron chi connectivity index (χ0n) is 19.0. The molecule has 2 heterocycles. The SMILES string of the molecule is N#Cc1cc(F)cc([C@@H]2CCON2C(=O)C2CCC(Cn3ncc4c(F)cc(C#N)cc43)CC2)c1. The van der Waals surface area contributed by atoms with Crippen LogP contribution in [0.1, 0.15) is 54.8 Å². The van der Waals surface area contributed by atoms with Crippen LogP contribution in [0.4, 0.5) is 8.78 Å². The molecule has 0 unspecified atom stereocenters. The standard InChI is InChI=1S/C26H23F2N5O2/c27-21-8-17(12-29)7-20(11-21)24-5-6-35-33(24)26(34)19-3-1-16(2-4-19)15-32-25-10-18(13-30)9-23(28)22(25)14-31-32/h7-11,14,16,19,24H,1-6,15H2/t16?,19?,24-/m0/s1. The van der Waals surface area contributed by atoms with Crippen LogP contribution in [-0.2, 0) is 16.2 Å². The van der Waals surface area contributed by atoms with Crippen molar-refractivity contribution in [3.63, 3.8) is 0 Å². The summed E-state index contributed by atoms with van der Waals surface area (Å²) in [4.78, 5) is 18.9. The van der Waals surface area contributed by atoms with E-state index in [0.717, 1.165) is 12.8 Å². The second kappa shape index (κ2) is 9.44. The summed E-state index contributed by atoms with van der Waals surface area (Å²) in [5.74, 6) is -1.01. The molecule has 1 saturated carbocycles. The molecule has 2 aromatic carbocycles. The Morgan fingerprint density at radius 2 is 1.77 bits per heavy atom. The van der Waals surface area contributed by atoms with Crippen molar-refractivity contribution in [3.05, 3.63) is 64.9 Å². The second-order valence-electron chi connectivity index (χ2n) is 9.23. The molecule has 7 nitrogen and oxygen atoms in total. The number of amides is 1. The van der Waals surface area contributed by atoms with Gasteiger partial charge in [0, 0.05) is 18.9 Å². The van der Waals surface area contributed by atoms with Gasteiger partial charge in [-0.3, -0.25) is 14.3 Å². The number of aromatic nitrogens is 2. The molecular weight excluding hydrogens is 452 g/mol. The first-order valence-corrected chi connectivity index (χ1v) is 11.7. The van der Waals surface area contributed by atoms with E-state index in [4.69, 9.17) is 15.4 Å². The van der Waals surface area contributed by atoms with Crippen LogP contribution in [0.2, 0.25) is 0 Å². The molecule has 35 heavy (non-hydrogen) atoms. The number of fused-ring (bicyclic) bond motifs is 1. The quantitative estimate of drug-likeness (QED) is 0.542. The van der Waals surface area contributed by atoms with Crippen LogP contribution in [-0.4, -0.2) is 27.4 Å². The summed E-state index contributed by atoms with van der Waals surface area (Å²) in [7, 11) is 0.